The summed E-state index contributed by atoms with van der Waals surface area (Å²) in [4.78, 5) is 83.8. The number of nitrogens with one attached hydrogen (secondary N) is 3. The first-order chi connectivity index (χ1) is 27.6. The first kappa shape index (κ1) is 36.7. The number of fused-ring (bicyclic) bond motifs is 1. The van der Waals surface area contributed by atoms with Gasteiger partial charge in [0.25, 0.3) is 17.7 Å². The second kappa shape index (κ2) is 15.1. The van der Waals surface area contributed by atoms with E-state index in [9.17, 15) is 28.8 Å². The minimum absolute atomic E-state index is 0.0209. The first-order valence-electron chi connectivity index (χ1n) is 18.2. The SMILES string of the molecule is CNC(=O)c1cc(Oc2ccc(-n3cc(-c4cccc(NC(=O)C5CCCN(c6cccc7c6C(=O)N(C6CCC(=O)NC6=O)C7=O)C5)c4)nn3)c(F)c2)ccn1. The summed E-state index contributed by atoms with van der Waals surface area (Å²) >= 11 is 0. The molecule has 0 bridgehead atoms. The standard InChI is InChI=1S/C40H34FN9O7/c1-42-37(53)29-19-26(14-15-43-29)57-25-10-11-31(28(41)18-25)49-21-30(46-47-49)22-5-2-7-24(17-22)44-36(52)23-6-4-16-48(20-23)32-9-3-8-27-35(32)40(56)50(39(27)55)33-12-13-34(51)45-38(33)54/h2-3,5,7-11,14-15,17-19,21,23,33H,4,6,12-13,16,20H2,1H3,(H,42,53)(H,44,52)(H,45,51,54). The van der Waals surface area contributed by atoms with E-state index in [2.05, 4.69) is 31.2 Å². The Morgan fingerprint density at radius 1 is 0.930 bits per heavy atom. The van der Waals surface area contributed by atoms with Gasteiger partial charge in [0, 0.05) is 56.1 Å². The van der Waals surface area contributed by atoms with E-state index < -0.39 is 41.4 Å². The lowest BCUT2D eigenvalue weighted by Gasteiger charge is -2.34. The molecule has 0 spiro atoms. The molecule has 288 valence electrons. The summed E-state index contributed by atoms with van der Waals surface area (Å²) in [6.07, 6.45) is 4.29. The lowest BCUT2D eigenvalue weighted by Crippen LogP contribution is -2.54. The van der Waals surface area contributed by atoms with Crippen LogP contribution in [0.4, 0.5) is 15.8 Å². The van der Waals surface area contributed by atoms with Crippen LogP contribution >= 0.6 is 0 Å². The van der Waals surface area contributed by atoms with Crippen LogP contribution in [-0.4, -0.2) is 86.5 Å². The van der Waals surface area contributed by atoms with Gasteiger partial charge in [0.15, 0.2) is 5.82 Å². The maximum absolute atomic E-state index is 15.3. The molecule has 3 aliphatic heterocycles. The number of aromatic nitrogens is 4. The topological polar surface area (TPSA) is 198 Å². The maximum atomic E-state index is 15.3. The van der Waals surface area contributed by atoms with Gasteiger partial charge in [0.05, 0.1) is 28.9 Å². The largest absolute Gasteiger partial charge is 0.457 e. The third-order valence-electron chi connectivity index (χ3n) is 10.1. The number of carbonyl (C=O) groups is 6. The van der Waals surface area contributed by atoms with E-state index in [1.54, 1.807) is 60.8 Å². The number of anilines is 2. The molecule has 3 aliphatic rings. The summed E-state index contributed by atoms with van der Waals surface area (Å²) < 4.78 is 22.3. The molecule has 2 atom stereocenters. The van der Waals surface area contributed by atoms with Crippen LogP contribution in [-0.2, 0) is 14.4 Å². The summed E-state index contributed by atoms with van der Waals surface area (Å²) in [5.41, 5.74) is 2.69. The zero-order valence-electron chi connectivity index (χ0n) is 30.4. The van der Waals surface area contributed by atoms with Crippen molar-refractivity contribution in [3.63, 3.8) is 0 Å². The summed E-state index contributed by atoms with van der Waals surface area (Å²) in [7, 11) is 1.49. The molecule has 16 nitrogen and oxygen atoms in total. The van der Waals surface area contributed by atoms with Crippen LogP contribution in [0.25, 0.3) is 16.9 Å². The van der Waals surface area contributed by atoms with Crippen molar-refractivity contribution >= 4 is 46.8 Å². The molecule has 57 heavy (non-hydrogen) atoms. The monoisotopic (exact) mass is 771 g/mol. The van der Waals surface area contributed by atoms with Crippen LogP contribution < -0.4 is 25.6 Å². The van der Waals surface area contributed by atoms with Gasteiger partial charge >= 0.3 is 0 Å². The maximum Gasteiger partial charge on any atom is 0.269 e. The Labute approximate surface area is 324 Å². The Kier molecular flexibility index (Phi) is 9.70. The van der Waals surface area contributed by atoms with E-state index in [4.69, 9.17) is 4.74 Å². The summed E-state index contributed by atoms with van der Waals surface area (Å²) in [5.74, 6) is -3.53. The van der Waals surface area contributed by atoms with Gasteiger partial charge in [-0.05, 0) is 61.7 Å². The molecule has 0 saturated carbocycles. The Morgan fingerprint density at radius 2 is 1.75 bits per heavy atom. The van der Waals surface area contributed by atoms with Gasteiger partial charge in [-0.1, -0.05) is 23.4 Å². The number of nitrogens with zero attached hydrogens (tertiary/aromatic N) is 6. The van der Waals surface area contributed by atoms with Gasteiger partial charge in [-0.2, -0.15) is 0 Å². The van der Waals surface area contributed by atoms with Crippen molar-refractivity contribution < 1.29 is 37.9 Å². The molecular weight excluding hydrogens is 737 g/mol. The van der Waals surface area contributed by atoms with Crippen LogP contribution in [0.2, 0.25) is 0 Å². The number of amides is 6. The number of piperidine rings is 2. The van der Waals surface area contributed by atoms with Gasteiger partial charge in [-0.25, -0.2) is 9.07 Å². The van der Waals surface area contributed by atoms with Crippen molar-refractivity contribution in [2.24, 2.45) is 5.92 Å². The number of halogens is 1. The molecule has 5 aromatic rings. The Bertz CT molecular complexity index is 2490. The number of imide groups is 2. The highest BCUT2D eigenvalue weighted by Crippen LogP contribution is 2.36. The van der Waals surface area contributed by atoms with E-state index in [1.165, 1.54) is 36.1 Å². The molecule has 2 aromatic heterocycles. The van der Waals surface area contributed by atoms with Crippen LogP contribution in [0, 0.1) is 11.7 Å². The van der Waals surface area contributed by atoms with Crippen molar-refractivity contribution in [1.29, 1.82) is 0 Å². The van der Waals surface area contributed by atoms with Gasteiger partial charge in [0.2, 0.25) is 17.7 Å². The van der Waals surface area contributed by atoms with Gasteiger partial charge < -0.3 is 20.3 Å². The quantitative estimate of drug-likeness (QED) is 0.184. The van der Waals surface area contributed by atoms with E-state index in [-0.39, 0.29) is 59.5 Å². The molecule has 17 heteroatoms. The first-order valence-corrected chi connectivity index (χ1v) is 18.2. The number of benzene rings is 3. The number of rotatable bonds is 9. The Balaban J connectivity index is 0.933. The molecule has 2 saturated heterocycles. The fourth-order valence-corrected chi connectivity index (χ4v) is 7.28. The van der Waals surface area contributed by atoms with E-state index in [0.29, 0.717) is 47.8 Å². The highest BCUT2D eigenvalue weighted by atomic mass is 19.1. The lowest BCUT2D eigenvalue weighted by molar-refractivity contribution is -0.136. The molecule has 0 radical (unpaired) electrons. The minimum atomic E-state index is -1.08. The van der Waals surface area contributed by atoms with Gasteiger partial charge in [-0.15, -0.1) is 5.10 Å². The van der Waals surface area contributed by atoms with Crippen molar-refractivity contribution in [2.45, 2.75) is 31.7 Å². The van der Waals surface area contributed by atoms with Crippen LogP contribution in [0.5, 0.6) is 11.5 Å². The van der Waals surface area contributed by atoms with E-state index in [1.807, 2.05) is 4.90 Å². The van der Waals surface area contributed by atoms with Crippen LogP contribution in [0.15, 0.2) is 85.2 Å². The fraction of sp³-hybridized carbons (Fsp3) is 0.225. The van der Waals surface area contributed by atoms with Crippen LogP contribution in [0.1, 0.15) is 56.9 Å². The summed E-state index contributed by atoms with van der Waals surface area (Å²) in [6, 6.07) is 18.1. The third-order valence-corrected chi connectivity index (χ3v) is 10.1. The fourth-order valence-electron chi connectivity index (χ4n) is 7.28. The molecule has 3 aromatic carbocycles. The van der Waals surface area contributed by atoms with Crippen molar-refractivity contribution in [3.05, 3.63) is 108 Å². The van der Waals surface area contributed by atoms with Gasteiger partial charge in [0.1, 0.15) is 34.6 Å². The molecule has 3 N–H and O–H groups in total. The second-order valence-corrected chi connectivity index (χ2v) is 13.7. The molecular formula is C40H34FN9O7. The van der Waals surface area contributed by atoms with E-state index >= 15 is 4.39 Å². The van der Waals surface area contributed by atoms with Crippen LogP contribution in [0.3, 0.4) is 0 Å². The Morgan fingerprint density at radius 3 is 2.56 bits per heavy atom. The predicted octanol–water partition coefficient (Wildman–Crippen LogP) is 3.88. The number of hydrogen-bond acceptors (Lipinski definition) is 11. The highest BCUT2D eigenvalue weighted by Gasteiger charge is 2.46. The highest BCUT2D eigenvalue weighted by molar-refractivity contribution is 6.25. The normalized spacial score (nSPS) is 17.9. The van der Waals surface area contributed by atoms with Crippen molar-refractivity contribution in [1.82, 2.24) is 35.5 Å². The molecule has 8 rings (SSSR count). The van der Waals surface area contributed by atoms with Gasteiger partial charge in [-0.3, -0.25) is 44.0 Å². The zero-order chi connectivity index (χ0) is 39.8. The smallest absolute Gasteiger partial charge is 0.269 e. The lowest BCUT2D eigenvalue weighted by atomic mass is 9.95. The predicted molar refractivity (Wildman–Crippen MR) is 201 cm³/mol. The van der Waals surface area contributed by atoms with Crippen molar-refractivity contribution in [2.75, 3.05) is 30.4 Å². The number of hydrogen-bond donors (Lipinski definition) is 3. The Hall–Kier alpha value is -7.30. The van der Waals surface area contributed by atoms with Crippen molar-refractivity contribution in [3.8, 4) is 28.4 Å². The molecule has 5 heterocycles. The average Bonchev–Trinajstić information content (AvgIpc) is 3.80. The second-order valence-electron chi connectivity index (χ2n) is 13.7. The molecule has 6 amide bonds. The number of carbonyl (C=O) groups excluding carboxylic acids is 6. The third kappa shape index (κ3) is 7.17. The molecule has 0 aliphatic carbocycles. The number of pyridine rings is 1. The summed E-state index contributed by atoms with van der Waals surface area (Å²) in [5, 5.41) is 16.0. The molecule has 2 unspecified atom stereocenters. The minimum Gasteiger partial charge on any atom is -0.457 e. The number of ether oxygens (including phenoxy) is 1. The average molecular weight is 772 g/mol. The zero-order valence-corrected chi connectivity index (χ0v) is 30.4. The molecule has 2 fully saturated rings. The van der Waals surface area contributed by atoms with E-state index in [0.717, 1.165) is 4.90 Å². The summed E-state index contributed by atoms with van der Waals surface area (Å²) in [6.45, 7) is 0.831.